The number of carbonyl (C=O) groups excluding carboxylic acids is 3. The van der Waals surface area contributed by atoms with Gasteiger partial charge in [0.25, 0.3) is 0 Å². The molecule has 2 atom stereocenters. The zero-order valence-electron chi connectivity index (χ0n) is 16.0. The van der Waals surface area contributed by atoms with Crippen LogP contribution in [0.25, 0.3) is 0 Å². The van der Waals surface area contributed by atoms with Gasteiger partial charge in [0.2, 0.25) is 17.7 Å². The van der Waals surface area contributed by atoms with E-state index in [1.54, 1.807) is 12.1 Å². The van der Waals surface area contributed by atoms with E-state index in [9.17, 15) is 24.3 Å². The Labute approximate surface area is 168 Å². The lowest BCUT2D eigenvalue weighted by Gasteiger charge is -2.37. The quantitative estimate of drug-likeness (QED) is 0.368. The molecule has 0 spiro atoms. The number of nitrogens with two attached hydrogens (primary N) is 1. The van der Waals surface area contributed by atoms with E-state index in [4.69, 9.17) is 10.8 Å². The summed E-state index contributed by atoms with van der Waals surface area (Å²) >= 11 is 0. The summed E-state index contributed by atoms with van der Waals surface area (Å²) in [6.45, 7) is -0.491. The molecule has 1 aliphatic rings. The lowest BCUT2D eigenvalue weighted by atomic mass is 9.98. The van der Waals surface area contributed by atoms with Crippen LogP contribution in [0.4, 0.5) is 0 Å². The van der Waals surface area contributed by atoms with Crippen LogP contribution in [0.3, 0.4) is 0 Å². The molecular formula is C19H26N4O6. The Balaban J connectivity index is 2.19. The first-order chi connectivity index (χ1) is 13.8. The van der Waals surface area contributed by atoms with Gasteiger partial charge in [-0.15, -0.1) is 0 Å². The van der Waals surface area contributed by atoms with Crippen molar-refractivity contribution in [1.82, 2.24) is 15.5 Å². The van der Waals surface area contributed by atoms with Crippen molar-refractivity contribution in [3.63, 3.8) is 0 Å². The summed E-state index contributed by atoms with van der Waals surface area (Å²) in [4.78, 5) is 49.6. The van der Waals surface area contributed by atoms with Crippen molar-refractivity contribution in [2.75, 3.05) is 19.6 Å². The number of aliphatic carboxylic acids is 1. The highest BCUT2D eigenvalue weighted by molar-refractivity contribution is 5.93. The highest BCUT2D eigenvalue weighted by Gasteiger charge is 2.36. The lowest BCUT2D eigenvalue weighted by Crippen LogP contribution is -2.58. The fourth-order valence-electron chi connectivity index (χ4n) is 3.27. The van der Waals surface area contributed by atoms with E-state index >= 15 is 0 Å². The normalized spacial score (nSPS) is 17.3. The zero-order chi connectivity index (χ0) is 21.4. The maximum Gasteiger partial charge on any atom is 0.322 e. The smallest absolute Gasteiger partial charge is 0.322 e. The molecule has 0 aromatic heterocycles. The summed E-state index contributed by atoms with van der Waals surface area (Å²) in [5.41, 5.74) is 6.08. The second kappa shape index (κ2) is 10.4. The maximum atomic E-state index is 13.2. The standard InChI is InChI=1S/C19H26N4O6/c20-10-16(25)22-14(9-12-4-6-13(24)7-5-12)19(29)23-8-2-1-3-15(23)18(28)21-11-17(26)27/h4-7,14-15,24H,1-3,8-11,20H2,(H,21,28)(H,22,25)(H,26,27)/t14-,15?/m0/s1. The molecule has 0 radical (unpaired) electrons. The number of carboxylic acid groups (broad SMARTS) is 1. The molecule has 1 heterocycles. The molecule has 1 aromatic carbocycles. The Morgan fingerprint density at radius 3 is 2.48 bits per heavy atom. The molecule has 0 saturated carbocycles. The number of piperidine rings is 1. The summed E-state index contributed by atoms with van der Waals surface area (Å²) in [7, 11) is 0. The van der Waals surface area contributed by atoms with Gasteiger partial charge in [0.05, 0.1) is 6.54 Å². The van der Waals surface area contributed by atoms with Crippen LogP contribution in [-0.4, -0.2) is 70.5 Å². The van der Waals surface area contributed by atoms with Crippen molar-refractivity contribution >= 4 is 23.7 Å². The molecule has 10 nitrogen and oxygen atoms in total. The lowest BCUT2D eigenvalue weighted by molar-refractivity contribution is -0.145. The summed E-state index contributed by atoms with van der Waals surface area (Å²) < 4.78 is 0. The van der Waals surface area contributed by atoms with Gasteiger partial charge in [-0.3, -0.25) is 19.2 Å². The van der Waals surface area contributed by atoms with Crippen LogP contribution in [0.15, 0.2) is 24.3 Å². The van der Waals surface area contributed by atoms with Crippen LogP contribution < -0.4 is 16.4 Å². The minimum Gasteiger partial charge on any atom is -0.508 e. The number of amides is 3. The molecule has 0 bridgehead atoms. The fraction of sp³-hybridized carbons (Fsp3) is 0.474. The summed E-state index contributed by atoms with van der Waals surface area (Å²) in [5, 5.41) is 23.1. The SMILES string of the molecule is NCC(=O)N[C@@H](Cc1ccc(O)cc1)C(=O)N1CCCCC1C(=O)NCC(=O)O. The zero-order valence-corrected chi connectivity index (χ0v) is 16.0. The van der Waals surface area contributed by atoms with Gasteiger partial charge in [-0.25, -0.2) is 0 Å². The third-order valence-corrected chi connectivity index (χ3v) is 4.70. The molecule has 1 fully saturated rings. The van der Waals surface area contributed by atoms with Crippen molar-refractivity contribution < 1.29 is 29.4 Å². The van der Waals surface area contributed by atoms with Gasteiger partial charge in [0.15, 0.2) is 0 Å². The van der Waals surface area contributed by atoms with Crippen LogP contribution in [-0.2, 0) is 25.6 Å². The van der Waals surface area contributed by atoms with Crippen LogP contribution in [0.2, 0.25) is 0 Å². The van der Waals surface area contributed by atoms with E-state index in [1.165, 1.54) is 17.0 Å². The van der Waals surface area contributed by atoms with E-state index in [1.807, 2.05) is 0 Å². The molecule has 0 aliphatic carbocycles. The molecule has 29 heavy (non-hydrogen) atoms. The predicted molar refractivity (Wildman–Crippen MR) is 103 cm³/mol. The van der Waals surface area contributed by atoms with E-state index < -0.39 is 42.3 Å². The van der Waals surface area contributed by atoms with Gasteiger partial charge in [0, 0.05) is 13.0 Å². The minimum absolute atomic E-state index is 0.0776. The third kappa shape index (κ3) is 6.46. The van der Waals surface area contributed by atoms with Gasteiger partial charge in [-0.05, 0) is 37.0 Å². The van der Waals surface area contributed by atoms with Gasteiger partial charge in [-0.2, -0.15) is 0 Å². The Bertz CT molecular complexity index is 752. The molecule has 3 amide bonds. The van der Waals surface area contributed by atoms with Crippen molar-refractivity contribution in [1.29, 1.82) is 0 Å². The highest BCUT2D eigenvalue weighted by atomic mass is 16.4. The number of nitrogens with one attached hydrogen (secondary N) is 2. The first kappa shape index (κ1) is 22.2. The first-order valence-corrected chi connectivity index (χ1v) is 9.39. The molecule has 6 N–H and O–H groups in total. The highest BCUT2D eigenvalue weighted by Crippen LogP contribution is 2.20. The monoisotopic (exact) mass is 406 g/mol. The third-order valence-electron chi connectivity index (χ3n) is 4.70. The number of likely N-dealkylation sites (tertiary alicyclic amines) is 1. The number of nitrogens with zero attached hydrogens (tertiary/aromatic N) is 1. The molecule has 1 unspecified atom stereocenters. The van der Waals surface area contributed by atoms with Crippen LogP contribution in [0, 0.1) is 0 Å². The number of hydrogen-bond acceptors (Lipinski definition) is 6. The largest absolute Gasteiger partial charge is 0.508 e. The average Bonchev–Trinajstić information content (AvgIpc) is 2.72. The van der Waals surface area contributed by atoms with Crippen molar-refractivity contribution in [3.8, 4) is 5.75 Å². The summed E-state index contributed by atoms with van der Waals surface area (Å²) in [6.07, 6.45) is 2.00. The summed E-state index contributed by atoms with van der Waals surface area (Å²) in [5.74, 6) is -2.57. The van der Waals surface area contributed by atoms with Gasteiger partial charge < -0.3 is 31.5 Å². The molecule has 158 valence electrons. The van der Waals surface area contributed by atoms with Crippen LogP contribution in [0.1, 0.15) is 24.8 Å². The Morgan fingerprint density at radius 2 is 1.86 bits per heavy atom. The maximum absolute atomic E-state index is 13.2. The number of benzene rings is 1. The topological polar surface area (TPSA) is 162 Å². The second-order valence-corrected chi connectivity index (χ2v) is 6.85. The van der Waals surface area contributed by atoms with Gasteiger partial charge >= 0.3 is 5.97 Å². The van der Waals surface area contributed by atoms with Crippen LogP contribution >= 0.6 is 0 Å². The molecule has 1 aliphatic heterocycles. The number of rotatable bonds is 8. The number of carbonyl (C=O) groups is 4. The Morgan fingerprint density at radius 1 is 1.17 bits per heavy atom. The Kier molecular flexibility index (Phi) is 7.96. The van der Waals surface area contributed by atoms with Gasteiger partial charge in [0.1, 0.15) is 24.4 Å². The number of hydrogen-bond donors (Lipinski definition) is 5. The van der Waals surface area contributed by atoms with E-state index in [-0.39, 0.29) is 18.7 Å². The minimum atomic E-state index is -1.17. The van der Waals surface area contributed by atoms with Crippen LogP contribution in [0.5, 0.6) is 5.75 Å². The van der Waals surface area contributed by atoms with E-state index in [0.717, 1.165) is 6.42 Å². The average molecular weight is 406 g/mol. The van der Waals surface area contributed by atoms with E-state index in [0.29, 0.717) is 24.9 Å². The molecule has 1 aromatic rings. The number of carboxylic acids is 1. The molecule has 2 rings (SSSR count). The van der Waals surface area contributed by atoms with Crippen molar-refractivity contribution in [2.24, 2.45) is 5.73 Å². The van der Waals surface area contributed by atoms with Crippen molar-refractivity contribution in [3.05, 3.63) is 29.8 Å². The van der Waals surface area contributed by atoms with E-state index in [2.05, 4.69) is 10.6 Å². The van der Waals surface area contributed by atoms with Gasteiger partial charge in [-0.1, -0.05) is 12.1 Å². The Hall–Kier alpha value is -3.14. The predicted octanol–water partition coefficient (Wildman–Crippen LogP) is -1.04. The number of phenolic OH excluding ortho intramolecular Hbond substituents is 1. The first-order valence-electron chi connectivity index (χ1n) is 9.39. The fourth-order valence-corrected chi connectivity index (χ4v) is 3.27. The molecule has 1 saturated heterocycles. The summed E-state index contributed by atoms with van der Waals surface area (Å²) in [6, 6.07) is 4.49. The van der Waals surface area contributed by atoms with Crippen molar-refractivity contribution in [2.45, 2.75) is 37.8 Å². The molecule has 10 heteroatoms. The number of phenols is 1. The number of aromatic hydroxyl groups is 1. The second-order valence-electron chi connectivity index (χ2n) is 6.85. The molecular weight excluding hydrogens is 380 g/mol.